The van der Waals surface area contributed by atoms with Crippen molar-refractivity contribution in [3.63, 3.8) is 0 Å². The molecule has 0 aliphatic heterocycles. The first-order valence-electron chi connectivity index (χ1n) is 5.63. The van der Waals surface area contributed by atoms with Crippen molar-refractivity contribution in [3.8, 4) is 0 Å². The first kappa shape index (κ1) is 14.4. The van der Waals surface area contributed by atoms with Gasteiger partial charge in [0.2, 0.25) is 5.91 Å². The Morgan fingerprint density at radius 1 is 1.27 bits per heavy atom. The minimum absolute atomic E-state index is 0.0738. The van der Waals surface area contributed by atoms with Crippen LogP contribution in [-0.2, 0) is 4.79 Å². The smallest absolute Gasteiger partial charge is 0.234 e. The van der Waals surface area contributed by atoms with Crippen LogP contribution in [0.2, 0.25) is 0 Å². The molecule has 0 aromatic carbocycles. The number of likely N-dealkylation sites (N-methyl/N-ethyl adjacent to an activating group) is 1. The molecule has 1 amide bonds. The van der Waals surface area contributed by atoms with Gasteiger partial charge in [0.25, 0.3) is 0 Å². The number of hydrogen-bond donors (Lipinski definition) is 2. The number of nitrogens with zero attached hydrogens (tertiary/aromatic N) is 1. The van der Waals surface area contributed by atoms with Crippen LogP contribution in [0.4, 0.5) is 0 Å². The highest BCUT2D eigenvalue weighted by Crippen LogP contribution is 1.87. The Balaban J connectivity index is 3.64. The fourth-order valence-corrected chi connectivity index (χ4v) is 1.33. The molecule has 90 valence electrons. The zero-order chi connectivity index (χ0) is 11.8. The molecule has 4 heteroatoms. The molecule has 0 aliphatic carbocycles. The van der Waals surface area contributed by atoms with E-state index in [0.29, 0.717) is 12.6 Å². The standard InChI is InChI=1S/C11H25N3O/c1-6-9(2)12-7-11(15)13-10(3)8-14(4)5/h9-10,12H,6-8H2,1-5H3,(H,13,15). The molecule has 0 radical (unpaired) electrons. The number of rotatable bonds is 7. The van der Waals surface area contributed by atoms with Crippen molar-refractivity contribution in [3.05, 3.63) is 0 Å². The minimum atomic E-state index is 0.0738. The van der Waals surface area contributed by atoms with Crippen molar-refractivity contribution in [2.24, 2.45) is 0 Å². The van der Waals surface area contributed by atoms with E-state index in [1.165, 1.54) is 0 Å². The van der Waals surface area contributed by atoms with Crippen molar-refractivity contribution in [2.75, 3.05) is 27.2 Å². The van der Waals surface area contributed by atoms with E-state index in [2.05, 4.69) is 29.4 Å². The predicted molar refractivity (Wildman–Crippen MR) is 63.9 cm³/mol. The molecule has 0 saturated heterocycles. The molecule has 0 heterocycles. The van der Waals surface area contributed by atoms with Gasteiger partial charge in [0, 0.05) is 18.6 Å². The van der Waals surface area contributed by atoms with Gasteiger partial charge >= 0.3 is 0 Å². The SMILES string of the molecule is CCC(C)NCC(=O)NC(C)CN(C)C. The van der Waals surface area contributed by atoms with Gasteiger partial charge in [-0.15, -0.1) is 0 Å². The molecule has 0 spiro atoms. The molecule has 2 atom stereocenters. The summed E-state index contributed by atoms with van der Waals surface area (Å²) in [5, 5.41) is 6.11. The van der Waals surface area contributed by atoms with Crippen molar-refractivity contribution in [1.29, 1.82) is 0 Å². The van der Waals surface area contributed by atoms with E-state index in [0.717, 1.165) is 13.0 Å². The number of hydrogen-bond acceptors (Lipinski definition) is 3. The summed E-state index contributed by atoms with van der Waals surface area (Å²) >= 11 is 0. The average Bonchev–Trinajstić information content (AvgIpc) is 2.12. The van der Waals surface area contributed by atoms with Gasteiger partial charge in [0.05, 0.1) is 6.54 Å². The summed E-state index contributed by atoms with van der Waals surface area (Å²) in [6.07, 6.45) is 1.04. The van der Waals surface area contributed by atoms with Crippen molar-refractivity contribution in [2.45, 2.75) is 39.3 Å². The summed E-state index contributed by atoms with van der Waals surface area (Å²) in [6, 6.07) is 0.603. The summed E-state index contributed by atoms with van der Waals surface area (Å²) in [4.78, 5) is 13.5. The van der Waals surface area contributed by atoms with E-state index in [1.54, 1.807) is 0 Å². The van der Waals surface area contributed by atoms with Crippen LogP contribution in [0.25, 0.3) is 0 Å². The Kier molecular flexibility index (Phi) is 7.34. The summed E-state index contributed by atoms with van der Waals surface area (Å²) in [5.41, 5.74) is 0. The highest BCUT2D eigenvalue weighted by Gasteiger charge is 2.08. The van der Waals surface area contributed by atoms with Crippen LogP contribution in [0.5, 0.6) is 0 Å². The molecule has 2 N–H and O–H groups in total. The van der Waals surface area contributed by atoms with Crippen LogP contribution < -0.4 is 10.6 Å². The van der Waals surface area contributed by atoms with Crippen LogP contribution >= 0.6 is 0 Å². The third-order valence-electron chi connectivity index (χ3n) is 2.27. The van der Waals surface area contributed by atoms with Crippen LogP contribution in [0.15, 0.2) is 0 Å². The van der Waals surface area contributed by atoms with E-state index in [-0.39, 0.29) is 11.9 Å². The lowest BCUT2D eigenvalue weighted by Crippen LogP contribution is -2.44. The maximum Gasteiger partial charge on any atom is 0.234 e. The predicted octanol–water partition coefficient (Wildman–Crippen LogP) is 0.441. The third kappa shape index (κ3) is 8.39. The molecule has 0 bridgehead atoms. The molecule has 0 aliphatic rings. The summed E-state index contributed by atoms with van der Waals surface area (Å²) in [6.45, 7) is 7.48. The molecular weight excluding hydrogens is 190 g/mol. The maximum absolute atomic E-state index is 11.5. The normalized spacial score (nSPS) is 15.1. The first-order valence-corrected chi connectivity index (χ1v) is 5.63. The Morgan fingerprint density at radius 2 is 1.87 bits per heavy atom. The van der Waals surface area contributed by atoms with Gasteiger partial charge in [-0.3, -0.25) is 4.79 Å². The quantitative estimate of drug-likeness (QED) is 0.648. The lowest BCUT2D eigenvalue weighted by molar-refractivity contribution is -0.121. The van der Waals surface area contributed by atoms with Gasteiger partial charge in [-0.1, -0.05) is 6.92 Å². The average molecular weight is 215 g/mol. The van der Waals surface area contributed by atoms with Gasteiger partial charge in [0.15, 0.2) is 0 Å². The molecule has 0 fully saturated rings. The number of nitrogens with one attached hydrogen (secondary N) is 2. The lowest BCUT2D eigenvalue weighted by Gasteiger charge is -2.19. The van der Waals surface area contributed by atoms with Gasteiger partial charge < -0.3 is 15.5 Å². The fraction of sp³-hybridized carbons (Fsp3) is 0.909. The largest absolute Gasteiger partial charge is 0.351 e. The van der Waals surface area contributed by atoms with Crippen LogP contribution in [-0.4, -0.2) is 50.1 Å². The van der Waals surface area contributed by atoms with E-state index in [1.807, 2.05) is 21.0 Å². The Morgan fingerprint density at radius 3 is 2.33 bits per heavy atom. The minimum Gasteiger partial charge on any atom is -0.351 e. The summed E-state index contributed by atoms with van der Waals surface area (Å²) < 4.78 is 0. The second-order valence-electron chi connectivity index (χ2n) is 4.42. The van der Waals surface area contributed by atoms with Crippen LogP contribution in [0.1, 0.15) is 27.2 Å². The number of amides is 1. The Hall–Kier alpha value is -0.610. The maximum atomic E-state index is 11.5. The monoisotopic (exact) mass is 215 g/mol. The number of carbonyl (C=O) groups excluding carboxylic acids is 1. The molecule has 4 nitrogen and oxygen atoms in total. The summed E-state index contributed by atoms with van der Waals surface area (Å²) in [5.74, 6) is 0.0738. The van der Waals surface area contributed by atoms with Gasteiger partial charge in [0.1, 0.15) is 0 Å². The Labute approximate surface area is 93.4 Å². The summed E-state index contributed by atoms with van der Waals surface area (Å²) in [7, 11) is 4.00. The van der Waals surface area contributed by atoms with E-state index >= 15 is 0 Å². The highest BCUT2D eigenvalue weighted by atomic mass is 16.1. The van der Waals surface area contributed by atoms with E-state index < -0.39 is 0 Å². The van der Waals surface area contributed by atoms with Crippen LogP contribution in [0, 0.1) is 0 Å². The molecule has 0 aromatic heterocycles. The van der Waals surface area contributed by atoms with Crippen LogP contribution in [0.3, 0.4) is 0 Å². The van der Waals surface area contributed by atoms with Gasteiger partial charge in [-0.2, -0.15) is 0 Å². The molecule has 2 unspecified atom stereocenters. The molecule has 0 rings (SSSR count). The highest BCUT2D eigenvalue weighted by molar-refractivity contribution is 5.78. The lowest BCUT2D eigenvalue weighted by atomic mass is 10.2. The zero-order valence-corrected chi connectivity index (χ0v) is 10.6. The molecule has 15 heavy (non-hydrogen) atoms. The topological polar surface area (TPSA) is 44.4 Å². The Bertz CT molecular complexity index is 183. The van der Waals surface area contributed by atoms with Gasteiger partial charge in [-0.05, 0) is 34.4 Å². The second kappa shape index (κ2) is 7.65. The first-order chi connectivity index (χ1) is 6.95. The fourth-order valence-electron chi connectivity index (χ4n) is 1.33. The van der Waals surface area contributed by atoms with E-state index in [4.69, 9.17) is 0 Å². The third-order valence-corrected chi connectivity index (χ3v) is 2.27. The van der Waals surface area contributed by atoms with E-state index in [9.17, 15) is 4.79 Å². The molecule has 0 aromatic rings. The van der Waals surface area contributed by atoms with Gasteiger partial charge in [-0.25, -0.2) is 0 Å². The molecular formula is C11H25N3O. The van der Waals surface area contributed by atoms with Crippen molar-refractivity contribution >= 4 is 5.91 Å². The van der Waals surface area contributed by atoms with Crippen molar-refractivity contribution in [1.82, 2.24) is 15.5 Å². The van der Waals surface area contributed by atoms with Crippen molar-refractivity contribution < 1.29 is 4.79 Å². The second-order valence-corrected chi connectivity index (χ2v) is 4.42. The zero-order valence-electron chi connectivity index (χ0n) is 10.6. The number of carbonyl (C=O) groups is 1. The molecule has 0 saturated carbocycles.